The first-order valence-corrected chi connectivity index (χ1v) is 10.3. The van der Waals surface area contributed by atoms with Crippen LogP contribution in [0.25, 0.3) is 0 Å². The second-order valence-electron chi connectivity index (χ2n) is 7.76. The number of rotatable bonds is 6. The van der Waals surface area contributed by atoms with Crippen LogP contribution in [0.3, 0.4) is 0 Å². The van der Waals surface area contributed by atoms with Crippen LogP contribution in [-0.2, 0) is 16.0 Å². The molecule has 0 saturated carbocycles. The summed E-state index contributed by atoms with van der Waals surface area (Å²) in [7, 11) is 0. The van der Waals surface area contributed by atoms with Crippen molar-refractivity contribution in [3.8, 4) is 0 Å². The van der Waals surface area contributed by atoms with Crippen molar-refractivity contribution in [2.24, 2.45) is 0 Å². The molecule has 2 amide bonds. The smallest absolute Gasteiger partial charge is 0.244 e. The number of hydrogen-bond acceptors (Lipinski definition) is 3. The van der Waals surface area contributed by atoms with Gasteiger partial charge in [-0.1, -0.05) is 36.4 Å². The molecule has 6 nitrogen and oxygen atoms in total. The van der Waals surface area contributed by atoms with Gasteiger partial charge in [0.25, 0.3) is 0 Å². The van der Waals surface area contributed by atoms with Gasteiger partial charge < -0.3 is 9.80 Å². The van der Waals surface area contributed by atoms with Crippen LogP contribution in [0.1, 0.15) is 23.1 Å². The fourth-order valence-electron chi connectivity index (χ4n) is 3.61. The minimum atomic E-state index is -0.203. The molecule has 6 heteroatoms. The molecule has 0 unspecified atom stereocenters. The Morgan fingerprint density at radius 2 is 1.62 bits per heavy atom. The molecule has 1 heterocycles. The molecule has 1 saturated heterocycles. The van der Waals surface area contributed by atoms with Gasteiger partial charge in [0.05, 0.1) is 45.6 Å². The van der Waals surface area contributed by atoms with E-state index in [2.05, 4.69) is 40.0 Å². The molecular formula is C23H31N4O2+. The first kappa shape index (κ1) is 20.9. The summed E-state index contributed by atoms with van der Waals surface area (Å²) < 4.78 is 0. The second-order valence-corrected chi connectivity index (χ2v) is 7.76. The Hall–Kier alpha value is -2.86. The summed E-state index contributed by atoms with van der Waals surface area (Å²) >= 11 is 0. The van der Waals surface area contributed by atoms with Crippen molar-refractivity contribution in [1.29, 1.82) is 0 Å². The number of nitrogens with zero attached hydrogens (tertiary/aromatic N) is 1. The minimum Gasteiger partial charge on any atom is -0.360 e. The van der Waals surface area contributed by atoms with E-state index in [-0.39, 0.29) is 18.2 Å². The van der Waals surface area contributed by atoms with Gasteiger partial charge in [-0.25, -0.2) is 0 Å². The molecule has 1 fully saturated rings. The maximum Gasteiger partial charge on any atom is 0.244 e. The van der Waals surface area contributed by atoms with Crippen molar-refractivity contribution < 1.29 is 14.5 Å². The maximum atomic E-state index is 12.1. The number of quaternary nitrogens is 1. The van der Waals surface area contributed by atoms with Gasteiger partial charge >= 0.3 is 0 Å². The number of piperazine rings is 1. The Kier molecular flexibility index (Phi) is 7.25. The minimum absolute atomic E-state index is 0.142. The maximum absolute atomic E-state index is 12.1. The Morgan fingerprint density at radius 1 is 0.931 bits per heavy atom. The number of aryl methyl sites for hydroxylation is 2. The third-order valence-electron chi connectivity index (χ3n) is 5.57. The molecule has 0 aliphatic carbocycles. The predicted molar refractivity (Wildman–Crippen MR) is 115 cm³/mol. The molecule has 1 aliphatic rings. The van der Waals surface area contributed by atoms with E-state index in [1.807, 2.05) is 38.1 Å². The molecule has 0 radical (unpaired) electrons. The monoisotopic (exact) mass is 395 g/mol. The molecule has 3 rings (SSSR count). The molecule has 0 atom stereocenters. The van der Waals surface area contributed by atoms with E-state index >= 15 is 0 Å². The zero-order valence-corrected chi connectivity index (χ0v) is 17.3. The van der Waals surface area contributed by atoms with Crippen LogP contribution in [0, 0.1) is 13.8 Å². The number of carbonyl (C=O) groups is 2. The lowest BCUT2D eigenvalue weighted by Gasteiger charge is -2.33. The van der Waals surface area contributed by atoms with E-state index in [1.165, 1.54) is 16.2 Å². The first-order chi connectivity index (χ1) is 14.0. The summed E-state index contributed by atoms with van der Waals surface area (Å²) in [6.45, 7) is 8.87. The van der Waals surface area contributed by atoms with Crippen molar-refractivity contribution in [1.82, 2.24) is 10.9 Å². The van der Waals surface area contributed by atoms with Gasteiger partial charge in [-0.15, -0.1) is 0 Å². The lowest BCUT2D eigenvalue weighted by molar-refractivity contribution is -0.900. The van der Waals surface area contributed by atoms with Crippen molar-refractivity contribution >= 4 is 17.5 Å². The highest BCUT2D eigenvalue weighted by atomic mass is 16.2. The highest BCUT2D eigenvalue weighted by Gasteiger charge is 2.20. The van der Waals surface area contributed by atoms with E-state index < -0.39 is 0 Å². The highest BCUT2D eigenvalue weighted by molar-refractivity contribution is 5.83. The molecule has 3 N–H and O–H groups in total. The number of benzene rings is 2. The number of hydrazine groups is 1. The quantitative estimate of drug-likeness (QED) is 0.634. The summed E-state index contributed by atoms with van der Waals surface area (Å²) in [4.78, 5) is 27.9. The molecule has 1 aliphatic heterocycles. The number of amides is 2. The standard InChI is InChI=1S/C23H30N4O2/c1-18-8-9-20(16-19(18)2)17-23(29)25-24-22(28)10-11-26-12-14-27(15-13-26)21-6-4-3-5-7-21/h3-9,16H,10-15,17H2,1-2H3,(H,24,28)(H,25,29)/p+1. The summed E-state index contributed by atoms with van der Waals surface area (Å²) in [5.41, 5.74) is 9.64. The summed E-state index contributed by atoms with van der Waals surface area (Å²) in [6, 6.07) is 16.4. The molecular weight excluding hydrogens is 364 g/mol. The number of anilines is 1. The molecule has 0 spiro atoms. The van der Waals surface area contributed by atoms with Crippen LogP contribution in [-0.4, -0.2) is 44.5 Å². The highest BCUT2D eigenvalue weighted by Crippen LogP contribution is 2.12. The molecule has 0 bridgehead atoms. The molecule has 2 aromatic rings. The van der Waals surface area contributed by atoms with Crippen LogP contribution in [0.15, 0.2) is 48.5 Å². The largest absolute Gasteiger partial charge is 0.360 e. The second kappa shape index (κ2) is 10.1. The fourth-order valence-corrected chi connectivity index (χ4v) is 3.61. The Bertz CT molecular complexity index is 830. The average Bonchev–Trinajstić information content (AvgIpc) is 2.74. The van der Waals surface area contributed by atoms with Crippen LogP contribution < -0.4 is 20.7 Å². The Labute approximate surface area is 172 Å². The van der Waals surface area contributed by atoms with Crippen molar-refractivity contribution in [3.05, 3.63) is 65.2 Å². The van der Waals surface area contributed by atoms with Gasteiger partial charge in [0.15, 0.2) is 0 Å². The zero-order chi connectivity index (χ0) is 20.6. The van der Waals surface area contributed by atoms with E-state index in [9.17, 15) is 9.59 Å². The van der Waals surface area contributed by atoms with E-state index in [1.54, 1.807) is 0 Å². The molecule has 2 aromatic carbocycles. The first-order valence-electron chi connectivity index (χ1n) is 10.3. The third-order valence-corrected chi connectivity index (χ3v) is 5.57. The summed E-state index contributed by atoms with van der Waals surface area (Å²) in [5, 5.41) is 0. The van der Waals surface area contributed by atoms with Gasteiger partial charge in [-0.05, 0) is 42.7 Å². The van der Waals surface area contributed by atoms with Crippen LogP contribution in [0.4, 0.5) is 5.69 Å². The van der Waals surface area contributed by atoms with Crippen LogP contribution >= 0.6 is 0 Å². The Morgan fingerprint density at radius 3 is 2.31 bits per heavy atom. The van der Waals surface area contributed by atoms with Crippen molar-refractivity contribution in [3.63, 3.8) is 0 Å². The number of para-hydroxylation sites is 1. The van der Waals surface area contributed by atoms with Gasteiger partial charge in [0.2, 0.25) is 11.8 Å². The molecule has 0 aromatic heterocycles. The van der Waals surface area contributed by atoms with Crippen molar-refractivity contribution in [2.45, 2.75) is 26.7 Å². The zero-order valence-electron chi connectivity index (χ0n) is 17.3. The van der Waals surface area contributed by atoms with Gasteiger partial charge in [0, 0.05) is 5.69 Å². The number of carbonyl (C=O) groups excluding carboxylic acids is 2. The van der Waals surface area contributed by atoms with E-state index in [0.717, 1.165) is 43.9 Å². The Balaban J connectivity index is 1.33. The predicted octanol–water partition coefficient (Wildman–Crippen LogP) is 0.789. The lowest BCUT2D eigenvalue weighted by atomic mass is 10.0. The van der Waals surface area contributed by atoms with Crippen LogP contribution in [0.2, 0.25) is 0 Å². The number of nitrogens with one attached hydrogen (secondary N) is 3. The number of hydrogen-bond donors (Lipinski definition) is 3. The average molecular weight is 396 g/mol. The SMILES string of the molecule is Cc1ccc(CC(=O)NNC(=O)CC[NH+]2CCN(c3ccccc3)CC2)cc1C. The fraction of sp³-hybridized carbons (Fsp3) is 0.391. The summed E-state index contributed by atoms with van der Waals surface area (Å²) in [6.07, 6.45) is 0.665. The molecule has 154 valence electrons. The van der Waals surface area contributed by atoms with Crippen molar-refractivity contribution in [2.75, 3.05) is 37.6 Å². The van der Waals surface area contributed by atoms with E-state index in [0.29, 0.717) is 6.42 Å². The summed E-state index contributed by atoms with van der Waals surface area (Å²) in [5.74, 6) is -0.346. The van der Waals surface area contributed by atoms with Crippen LogP contribution in [0.5, 0.6) is 0 Å². The molecule has 29 heavy (non-hydrogen) atoms. The topological polar surface area (TPSA) is 65.9 Å². The van der Waals surface area contributed by atoms with E-state index in [4.69, 9.17) is 0 Å². The normalized spacial score (nSPS) is 14.5. The van der Waals surface area contributed by atoms with Gasteiger partial charge in [-0.3, -0.25) is 20.4 Å². The van der Waals surface area contributed by atoms with Gasteiger partial charge in [-0.2, -0.15) is 0 Å². The third kappa shape index (κ3) is 6.32. The lowest BCUT2D eigenvalue weighted by Crippen LogP contribution is -3.15. The van der Waals surface area contributed by atoms with Gasteiger partial charge in [0.1, 0.15) is 0 Å².